The first-order chi connectivity index (χ1) is 9.33. The number of hydrogen-bond acceptors (Lipinski definition) is 4. The number of hydrogen-bond donors (Lipinski definition) is 2. The van der Waals surface area contributed by atoms with Gasteiger partial charge in [0.2, 0.25) is 0 Å². The maximum Gasteiger partial charge on any atom is 0.132 e. The molecule has 2 rings (SSSR count). The molecule has 0 aliphatic rings. The van der Waals surface area contributed by atoms with Gasteiger partial charge in [0.15, 0.2) is 0 Å². The van der Waals surface area contributed by atoms with Crippen LogP contribution >= 0.6 is 0 Å². The molecule has 0 aliphatic heterocycles. The third kappa shape index (κ3) is 3.46. The molecule has 0 unspecified atom stereocenters. The molecule has 0 amide bonds. The summed E-state index contributed by atoms with van der Waals surface area (Å²) in [6, 6.07) is 15.3. The molecule has 4 heteroatoms. The second-order valence-electron chi connectivity index (χ2n) is 4.12. The quantitative estimate of drug-likeness (QED) is 0.854. The minimum atomic E-state index is 0.608. The normalized spacial score (nSPS) is 9.68. The first-order valence-corrected chi connectivity index (χ1v) is 6.30. The van der Waals surface area contributed by atoms with E-state index in [4.69, 9.17) is 5.26 Å². The van der Waals surface area contributed by atoms with Crippen LogP contribution in [0.15, 0.2) is 42.5 Å². The molecule has 0 saturated heterocycles. The first kappa shape index (κ1) is 12.9. The van der Waals surface area contributed by atoms with Crippen LogP contribution in [0.4, 0.5) is 17.3 Å². The minimum absolute atomic E-state index is 0.608. The Morgan fingerprint density at radius 1 is 1.11 bits per heavy atom. The molecule has 0 fully saturated rings. The van der Waals surface area contributed by atoms with Gasteiger partial charge in [-0.25, -0.2) is 4.98 Å². The molecule has 2 N–H and O–H groups in total. The van der Waals surface area contributed by atoms with E-state index in [2.05, 4.69) is 28.6 Å². The average Bonchev–Trinajstić information content (AvgIpc) is 2.46. The van der Waals surface area contributed by atoms with Crippen LogP contribution in [0.5, 0.6) is 0 Å². The largest absolute Gasteiger partial charge is 0.370 e. The van der Waals surface area contributed by atoms with E-state index in [1.807, 2.05) is 36.4 Å². The van der Waals surface area contributed by atoms with Crippen molar-refractivity contribution >= 4 is 17.3 Å². The molecule has 1 aromatic heterocycles. The molecule has 0 bridgehead atoms. The molecule has 0 saturated carbocycles. The van der Waals surface area contributed by atoms with Crippen LogP contribution in [0.25, 0.3) is 0 Å². The summed E-state index contributed by atoms with van der Waals surface area (Å²) in [6.07, 6.45) is 1.05. The molecule has 4 nitrogen and oxygen atoms in total. The summed E-state index contributed by atoms with van der Waals surface area (Å²) >= 11 is 0. The lowest BCUT2D eigenvalue weighted by atomic mass is 10.2. The number of para-hydroxylation sites is 1. The van der Waals surface area contributed by atoms with Crippen LogP contribution in [-0.2, 0) is 0 Å². The van der Waals surface area contributed by atoms with E-state index >= 15 is 0 Å². The first-order valence-electron chi connectivity index (χ1n) is 6.30. The lowest BCUT2D eigenvalue weighted by Crippen LogP contribution is -2.03. The van der Waals surface area contributed by atoms with Crippen LogP contribution in [0.2, 0.25) is 0 Å². The average molecular weight is 252 g/mol. The Morgan fingerprint density at radius 2 is 1.89 bits per heavy atom. The minimum Gasteiger partial charge on any atom is -0.370 e. The smallest absolute Gasteiger partial charge is 0.132 e. The number of nitriles is 1. The molecule has 0 atom stereocenters. The fourth-order valence-electron chi connectivity index (χ4n) is 1.68. The number of nitrogens with zero attached hydrogens (tertiary/aromatic N) is 2. The van der Waals surface area contributed by atoms with Crippen LogP contribution in [-0.4, -0.2) is 11.5 Å². The van der Waals surface area contributed by atoms with Crippen molar-refractivity contribution in [1.29, 1.82) is 5.26 Å². The van der Waals surface area contributed by atoms with E-state index in [1.54, 1.807) is 6.07 Å². The van der Waals surface area contributed by atoms with Gasteiger partial charge in [0.25, 0.3) is 0 Å². The number of rotatable bonds is 5. The maximum absolute atomic E-state index is 9.04. The Bertz CT molecular complexity index is 587. The highest BCUT2D eigenvalue weighted by Gasteiger charge is 2.02. The molecule has 2 aromatic rings. The van der Waals surface area contributed by atoms with Gasteiger partial charge < -0.3 is 10.6 Å². The third-order valence-corrected chi connectivity index (χ3v) is 2.62. The predicted octanol–water partition coefficient (Wildman–Crippen LogP) is 3.52. The fourth-order valence-corrected chi connectivity index (χ4v) is 1.68. The molecular formula is C15H16N4. The Morgan fingerprint density at radius 3 is 2.68 bits per heavy atom. The summed E-state index contributed by atoms with van der Waals surface area (Å²) in [5, 5.41) is 15.4. The lowest BCUT2D eigenvalue weighted by molar-refractivity contribution is 0.970. The predicted molar refractivity (Wildman–Crippen MR) is 77.5 cm³/mol. The van der Waals surface area contributed by atoms with E-state index < -0.39 is 0 Å². The summed E-state index contributed by atoms with van der Waals surface area (Å²) < 4.78 is 0. The Labute approximate surface area is 113 Å². The lowest BCUT2D eigenvalue weighted by Gasteiger charge is -2.09. The van der Waals surface area contributed by atoms with Crippen molar-refractivity contribution in [2.45, 2.75) is 13.3 Å². The van der Waals surface area contributed by atoms with Crippen LogP contribution in [0.1, 0.15) is 18.9 Å². The van der Waals surface area contributed by atoms with E-state index in [9.17, 15) is 0 Å². The van der Waals surface area contributed by atoms with Crippen molar-refractivity contribution in [3.8, 4) is 6.07 Å². The van der Waals surface area contributed by atoms with Gasteiger partial charge >= 0.3 is 0 Å². The number of pyridine rings is 1. The monoisotopic (exact) mass is 252 g/mol. The van der Waals surface area contributed by atoms with Gasteiger partial charge in [0, 0.05) is 6.54 Å². The molecule has 96 valence electrons. The topological polar surface area (TPSA) is 60.7 Å². The van der Waals surface area contributed by atoms with E-state index in [0.29, 0.717) is 5.56 Å². The molecule has 1 heterocycles. The highest BCUT2D eigenvalue weighted by atomic mass is 15.1. The SMILES string of the molecule is CCCNc1cccc(Nc2ccccc2C#N)n1. The van der Waals surface area contributed by atoms with Crippen molar-refractivity contribution in [1.82, 2.24) is 4.98 Å². The number of benzene rings is 1. The van der Waals surface area contributed by atoms with Gasteiger partial charge in [-0.1, -0.05) is 25.1 Å². The van der Waals surface area contributed by atoms with Gasteiger partial charge in [-0.3, -0.25) is 0 Å². The Hall–Kier alpha value is -2.54. The van der Waals surface area contributed by atoms with Gasteiger partial charge in [-0.15, -0.1) is 0 Å². The summed E-state index contributed by atoms with van der Waals surface area (Å²) in [4.78, 5) is 4.45. The summed E-state index contributed by atoms with van der Waals surface area (Å²) in [6.45, 7) is 3.00. The fraction of sp³-hybridized carbons (Fsp3) is 0.200. The van der Waals surface area contributed by atoms with Crippen molar-refractivity contribution < 1.29 is 0 Å². The van der Waals surface area contributed by atoms with Gasteiger partial charge in [-0.2, -0.15) is 5.26 Å². The summed E-state index contributed by atoms with van der Waals surface area (Å²) in [5.41, 5.74) is 1.38. The van der Waals surface area contributed by atoms with Crippen LogP contribution < -0.4 is 10.6 Å². The second-order valence-corrected chi connectivity index (χ2v) is 4.12. The van der Waals surface area contributed by atoms with E-state index in [0.717, 1.165) is 30.3 Å². The molecule has 19 heavy (non-hydrogen) atoms. The van der Waals surface area contributed by atoms with Crippen molar-refractivity contribution in [2.75, 3.05) is 17.2 Å². The molecule has 0 spiro atoms. The highest BCUT2D eigenvalue weighted by molar-refractivity contribution is 5.65. The standard InChI is InChI=1S/C15H16N4/c1-2-10-17-14-8-5-9-15(19-14)18-13-7-4-3-6-12(13)11-16/h3-9H,2,10H2,1H3,(H2,17,18,19). The zero-order chi connectivity index (χ0) is 13.5. The number of aromatic nitrogens is 1. The molecule has 1 aromatic carbocycles. The zero-order valence-corrected chi connectivity index (χ0v) is 10.9. The number of nitrogens with one attached hydrogen (secondary N) is 2. The van der Waals surface area contributed by atoms with Crippen LogP contribution in [0.3, 0.4) is 0 Å². The second kappa shape index (κ2) is 6.41. The Kier molecular flexibility index (Phi) is 4.35. The Balaban J connectivity index is 2.17. The third-order valence-electron chi connectivity index (χ3n) is 2.62. The van der Waals surface area contributed by atoms with Gasteiger partial charge in [0.1, 0.15) is 17.7 Å². The van der Waals surface area contributed by atoms with Gasteiger partial charge in [0.05, 0.1) is 11.3 Å². The molecular weight excluding hydrogens is 236 g/mol. The number of anilines is 3. The van der Waals surface area contributed by atoms with Crippen molar-refractivity contribution in [3.63, 3.8) is 0 Å². The summed E-state index contributed by atoms with van der Waals surface area (Å²) in [5.74, 6) is 1.56. The highest BCUT2D eigenvalue weighted by Crippen LogP contribution is 2.19. The van der Waals surface area contributed by atoms with Crippen molar-refractivity contribution in [3.05, 3.63) is 48.0 Å². The van der Waals surface area contributed by atoms with Crippen molar-refractivity contribution in [2.24, 2.45) is 0 Å². The molecule has 0 radical (unpaired) electrons. The molecule has 0 aliphatic carbocycles. The van der Waals surface area contributed by atoms with Gasteiger partial charge in [-0.05, 0) is 30.7 Å². The van der Waals surface area contributed by atoms with E-state index in [1.165, 1.54) is 0 Å². The summed E-state index contributed by atoms with van der Waals surface area (Å²) in [7, 11) is 0. The van der Waals surface area contributed by atoms with E-state index in [-0.39, 0.29) is 0 Å². The van der Waals surface area contributed by atoms with Crippen LogP contribution in [0, 0.1) is 11.3 Å². The zero-order valence-electron chi connectivity index (χ0n) is 10.9. The maximum atomic E-state index is 9.04.